The molecule has 0 radical (unpaired) electrons. The van der Waals surface area contributed by atoms with Crippen LogP contribution in [0.2, 0.25) is 0 Å². The van der Waals surface area contributed by atoms with Crippen molar-refractivity contribution in [2.75, 3.05) is 39.8 Å². The second kappa shape index (κ2) is 7.76. The van der Waals surface area contributed by atoms with Gasteiger partial charge in [-0.1, -0.05) is 6.92 Å². The zero-order chi connectivity index (χ0) is 11.0. The number of rotatable bonds is 7. The molecule has 0 saturated heterocycles. The molecule has 2 N–H and O–H groups in total. The van der Waals surface area contributed by atoms with E-state index in [1.165, 1.54) is 0 Å². The van der Waals surface area contributed by atoms with E-state index in [1.54, 1.807) is 4.90 Å². The molecule has 0 heterocycles. The number of hydrogen-bond donors (Lipinski definition) is 1. The molecule has 0 aliphatic rings. The Morgan fingerprint density at radius 3 is 2.36 bits per heavy atom. The molecular formula is C10H23N3O. The normalized spacial score (nSPS) is 10.6. The maximum Gasteiger partial charge on any atom is 0.236 e. The van der Waals surface area contributed by atoms with Gasteiger partial charge in [0.2, 0.25) is 5.91 Å². The highest BCUT2D eigenvalue weighted by molar-refractivity contribution is 5.77. The van der Waals surface area contributed by atoms with Gasteiger partial charge in [-0.05, 0) is 19.9 Å². The summed E-state index contributed by atoms with van der Waals surface area (Å²) in [5.41, 5.74) is 5.48. The SMILES string of the molecule is CCCN(CCN)CC(=O)N(C)CC. The molecule has 0 bridgehead atoms. The third kappa shape index (κ3) is 5.19. The Morgan fingerprint density at radius 1 is 1.29 bits per heavy atom. The standard InChI is InChI=1S/C10H23N3O/c1-4-7-13(8-6-11)9-10(14)12(3)5-2/h4-9,11H2,1-3H3. The van der Waals surface area contributed by atoms with E-state index in [2.05, 4.69) is 11.8 Å². The average Bonchev–Trinajstić information content (AvgIpc) is 2.17. The van der Waals surface area contributed by atoms with Gasteiger partial charge in [-0.15, -0.1) is 0 Å². The van der Waals surface area contributed by atoms with Gasteiger partial charge in [-0.3, -0.25) is 9.69 Å². The second-order valence-electron chi connectivity index (χ2n) is 3.47. The van der Waals surface area contributed by atoms with E-state index in [0.717, 1.165) is 26.1 Å². The molecule has 0 fully saturated rings. The molecule has 0 saturated carbocycles. The molecule has 4 heteroatoms. The first kappa shape index (κ1) is 13.4. The summed E-state index contributed by atoms with van der Waals surface area (Å²) in [6.07, 6.45) is 1.06. The van der Waals surface area contributed by atoms with E-state index in [0.29, 0.717) is 13.1 Å². The van der Waals surface area contributed by atoms with Crippen molar-refractivity contribution in [3.05, 3.63) is 0 Å². The van der Waals surface area contributed by atoms with Gasteiger partial charge in [0.25, 0.3) is 0 Å². The van der Waals surface area contributed by atoms with Gasteiger partial charge in [-0.2, -0.15) is 0 Å². The molecule has 0 aliphatic heterocycles. The van der Waals surface area contributed by atoms with E-state index in [4.69, 9.17) is 5.73 Å². The lowest BCUT2D eigenvalue weighted by molar-refractivity contribution is -0.130. The lowest BCUT2D eigenvalue weighted by Crippen LogP contribution is -2.40. The fourth-order valence-electron chi connectivity index (χ4n) is 1.26. The van der Waals surface area contributed by atoms with Gasteiger partial charge in [-0.25, -0.2) is 0 Å². The van der Waals surface area contributed by atoms with Crippen molar-refractivity contribution < 1.29 is 4.79 Å². The molecule has 0 unspecified atom stereocenters. The molecule has 0 spiro atoms. The summed E-state index contributed by atoms with van der Waals surface area (Å²) in [6.45, 7) is 7.71. The molecule has 1 amide bonds. The summed E-state index contributed by atoms with van der Waals surface area (Å²) < 4.78 is 0. The van der Waals surface area contributed by atoms with Crippen LogP contribution in [0.15, 0.2) is 0 Å². The van der Waals surface area contributed by atoms with Crippen LogP contribution in [-0.4, -0.2) is 55.5 Å². The third-order valence-electron chi connectivity index (χ3n) is 2.24. The Morgan fingerprint density at radius 2 is 1.93 bits per heavy atom. The Bertz CT molecular complexity index is 155. The largest absolute Gasteiger partial charge is 0.345 e. The smallest absolute Gasteiger partial charge is 0.236 e. The molecule has 0 aliphatic carbocycles. The maximum atomic E-state index is 11.6. The first-order valence-electron chi connectivity index (χ1n) is 5.32. The number of carbonyl (C=O) groups is 1. The van der Waals surface area contributed by atoms with E-state index in [9.17, 15) is 4.79 Å². The van der Waals surface area contributed by atoms with Crippen molar-refractivity contribution in [3.8, 4) is 0 Å². The zero-order valence-electron chi connectivity index (χ0n) is 9.62. The maximum absolute atomic E-state index is 11.6. The van der Waals surface area contributed by atoms with Gasteiger partial charge in [0.05, 0.1) is 6.54 Å². The van der Waals surface area contributed by atoms with Crippen molar-refractivity contribution in [2.24, 2.45) is 5.73 Å². The molecule has 0 aromatic heterocycles. The highest BCUT2D eigenvalue weighted by Gasteiger charge is 2.11. The lowest BCUT2D eigenvalue weighted by Gasteiger charge is -2.23. The molecule has 0 aromatic carbocycles. The average molecular weight is 201 g/mol. The number of hydrogen-bond acceptors (Lipinski definition) is 3. The van der Waals surface area contributed by atoms with Gasteiger partial charge < -0.3 is 10.6 Å². The minimum atomic E-state index is 0.175. The summed E-state index contributed by atoms with van der Waals surface area (Å²) in [4.78, 5) is 15.4. The highest BCUT2D eigenvalue weighted by atomic mass is 16.2. The van der Waals surface area contributed by atoms with Crippen LogP contribution in [0.4, 0.5) is 0 Å². The van der Waals surface area contributed by atoms with Crippen molar-refractivity contribution in [1.29, 1.82) is 0 Å². The Labute approximate surface area is 87.0 Å². The van der Waals surface area contributed by atoms with E-state index < -0.39 is 0 Å². The van der Waals surface area contributed by atoms with Crippen LogP contribution in [0, 0.1) is 0 Å². The minimum Gasteiger partial charge on any atom is -0.345 e. The van der Waals surface area contributed by atoms with Crippen LogP contribution < -0.4 is 5.73 Å². The van der Waals surface area contributed by atoms with Crippen molar-refractivity contribution in [1.82, 2.24) is 9.80 Å². The van der Waals surface area contributed by atoms with E-state index >= 15 is 0 Å². The van der Waals surface area contributed by atoms with Crippen molar-refractivity contribution in [3.63, 3.8) is 0 Å². The fourth-order valence-corrected chi connectivity index (χ4v) is 1.26. The van der Waals surface area contributed by atoms with Crippen LogP contribution in [0.3, 0.4) is 0 Å². The van der Waals surface area contributed by atoms with E-state index in [-0.39, 0.29) is 5.91 Å². The predicted octanol–water partition coefficient (Wildman–Crippen LogP) is 0.135. The lowest BCUT2D eigenvalue weighted by atomic mass is 10.3. The highest BCUT2D eigenvalue weighted by Crippen LogP contribution is 1.93. The number of amides is 1. The first-order chi connectivity index (χ1) is 6.65. The van der Waals surface area contributed by atoms with Crippen LogP contribution >= 0.6 is 0 Å². The molecule has 14 heavy (non-hydrogen) atoms. The van der Waals surface area contributed by atoms with Gasteiger partial charge >= 0.3 is 0 Å². The predicted molar refractivity (Wildman–Crippen MR) is 59.1 cm³/mol. The molecular weight excluding hydrogens is 178 g/mol. The monoisotopic (exact) mass is 201 g/mol. The quantitative estimate of drug-likeness (QED) is 0.637. The number of nitrogens with zero attached hydrogens (tertiary/aromatic N) is 2. The van der Waals surface area contributed by atoms with Crippen LogP contribution in [0.1, 0.15) is 20.3 Å². The summed E-state index contributed by atoms with van der Waals surface area (Å²) in [6, 6.07) is 0. The Kier molecular flexibility index (Phi) is 7.42. The summed E-state index contributed by atoms with van der Waals surface area (Å²) in [5.74, 6) is 0.175. The van der Waals surface area contributed by atoms with Crippen molar-refractivity contribution in [2.45, 2.75) is 20.3 Å². The summed E-state index contributed by atoms with van der Waals surface area (Å²) in [7, 11) is 1.83. The molecule has 0 rings (SSSR count). The van der Waals surface area contributed by atoms with Gasteiger partial charge in [0.1, 0.15) is 0 Å². The summed E-state index contributed by atoms with van der Waals surface area (Å²) in [5, 5.41) is 0. The minimum absolute atomic E-state index is 0.175. The zero-order valence-corrected chi connectivity index (χ0v) is 9.62. The molecule has 4 nitrogen and oxygen atoms in total. The number of likely N-dealkylation sites (N-methyl/N-ethyl adjacent to an activating group) is 1. The molecule has 0 aromatic rings. The third-order valence-corrected chi connectivity index (χ3v) is 2.24. The fraction of sp³-hybridized carbons (Fsp3) is 0.900. The van der Waals surface area contributed by atoms with Crippen molar-refractivity contribution >= 4 is 5.91 Å². The van der Waals surface area contributed by atoms with Crippen LogP contribution in [0.25, 0.3) is 0 Å². The Balaban J connectivity index is 3.94. The van der Waals surface area contributed by atoms with E-state index in [1.807, 2.05) is 14.0 Å². The van der Waals surface area contributed by atoms with Crippen LogP contribution in [-0.2, 0) is 4.79 Å². The topological polar surface area (TPSA) is 49.6 Å². The number of carbonyl (C=O) groups excluding carboxylic acids is 1. The Hall–Kier alpha value is -0.610. The van der Waals surface area contributed by atoms with Gasteiger partial charge in [0.15, 0.2) is 0 Å². The number of nitrogens with two attached hydrogens (primary N) is 1. The second-order valence-corrected chi connectivity index (χ2v) is 3.47. The molecule has 0 atom stereocenters. The van der Waals surface area contributed by atoms with Gasteiger partial charge in [0, 0.05) is 26.7 Å². The summed E-state index contributed by atoms with van der Waals surface area (Å²) >= 11 is 0. The molecule has 84 valence electrons. The first-order valence-corrected chi connectivity index (χ1v) is 5.32. The van der Waals surface area contributed by atoms with Crippen LogP contribution in [0.5, 0.6) is 0 Å².